The van der Waals surface area contributed by atoms with Crippen molar-refractivity contribution in [2.75, 3.05) is 6.54 Å². The number of allylic oxidation sites excluding steroid dienone is 1. The van der Waals surface area contributed by atoms with Gasteiger partial charge in [-0.2, -0.15) is 0 Å². The molecule has 0 saturated carbocycles. The molecule has 2 N–H and O–H groups in total. The molecular weight excluding hydrogens is 236 g/mol. The molecule has 1 aromatic carbocycles. The standard InChI is InChI=1S/C14H17F2NO/c15-10-6-7-12(13(16)8-10)14(18)9-17-11-4-2-1-3-5-11/h1-2,6-8,11,14,17-18H,3-5,9H2. The Morgan fingerprint density at radius 1 is 1.33 bits per heavy atom. The van der Waals surface area contributed by atoms with E-state index in [1.807, 2.05) is 0 Å². The number of hydrogen-bond donors (Lipinski definition) is 2. The zero-order valence-electron chi connectivity index (χ0n) is 10.1. The van der Waals surface area contributed by atoms with Gasteiger partial charge in [0.2, 0.25) is 0 Å². The van der Waals surface area contributed by atoms with E-state index in [9.17, 15) is 13.9 Å². The van der Waals surface area contributed by atoms with Gasteiger partial charge in [-0.25, -0.2) is 8.78 Å². The maximum absolute atomic E-state index is 13.4. The van der Waals surface area contributed by atoms with Crippen LogP contribution in [0.3, 0.4) is 0 Å². The summed E-state index contributed by atoms with van der Waals surface area (Å²) in [6, 6.07) is 3.57. The lowest BCUT2D eigenvalue weighted by atomic mass is 10.0. The van der Waals surface area contributed by atoms with Crippen molar-refractivity contribution in [3.05, 3.63) is 47.5 Å². The summed E-state index contributed by atoms with van der Waals surface area (Å²) in [4.78, 5) is 0. The van der Waals surface area contributed by atoms with Crippen molar-refractivity contribution in [1.82, 2.24) is 5.32 Å². The van der Waals surface area contributed by atoms with Crippen LogP contribution in [0.15, 0.2) is 30.4 Å². The van der Waals surface area contributed by atoms with Gasteiger partial charge in [0.15, 0.2) is 0 Å². The average molecular weight is 253 g/mol. The predicted molar refractivity (Wildman–Crippen MR) is 66.1 cm³/mol. The SMILES string of the molecule is OC(CNC1CC=CCC1)c1ccc(F)cc1F. The van der Waals surface area contributed by atoms with Gasteiger partial charge in [-0.15, -0.1) is 0 Å². The molecule has 0 radical (unpaired) electrons. The van der Waals surface area contributed by atoms with Crippen LogP contribution in [0.4, 0.5) is 8.78 Å². The van der Waals surface area contributed by atoms with Gasteiger partial charge in [-0.1, -0.05) is 18.2 Å². The molecule has 2 rings (SSSR count). The molecule has 1 aliphatic carbocycles. The number of nitrogens with one attached hydrogen (secondary N) is 1. The lowest BCUT2D eigenvalue weighted by Crippen LogP contribution is -2.33. The molecule has 0 aromatic heterocycles. The number of benzene rings is 1. The molecule has 2 nitrogen and oxygen atoms in total. The van der Waals surface area contributed by atoms with Crippen LogP contribution in [-0.4, -0.2) is 17.7 Å². The van der Waals surface area contributed by atoms with E-state index >= 15 is 0 Å². The molecule has 0 spiro atoms. The van der Waals surface area contributed by atoms with Crippen molar-refractivity contribution in [3.8, 4) is 0 Å². The van der Waals surface area contributed by atoms with Gasteiger partial charge in [0, 0.05) is 24.2 Å². The van der Waals surface area contributed by atoms with Gasteiger partial charge in [0.25, 0.3) is 0 Å². The van der Waals surface area contributed by atoms with Gasteiger partial charge < -0.3 is 10.4 Å². The number of aliphatic hydroxyl groups is 1. The Morgan fingerprint density at radius 3 is 2.83 bits per heavy atom. The van der Waals surface area contributed by atoms with Gasteiger partial charge in [-0.3, -0.25) is 0 Å². The van der Waals surface area contributed by atoms with E-state index in [1.165, 1.54) is 6.07 Å². The number of hydrogen-bond acceptors (Lipinski definition) is 2. The highest BCUT2D eigenvalue weighted by Crippen LogP contribution is 2.18. The first-order chi connectivity index (χ1) is 8.66. The van der Waals surface area contributed by atoms with E-state index in [0.717, 1.165) is 31.4 Å². The van der Waals surface area contributed by atoms with Crippen molar-refractivity contribution in [2.45, 2.75) is 31.4 Å². The van der Waals surface area contributed by atoms with Crippen molar-refractivity contribution >= 4 is 0 Å². The largest absolute Gasteiger partial charge is 0.387 e. The van der Waals surface area contributed by atoms with Gasteiger partial charge in [-0.05, 0) is 25.3 Å². The zero-order chi connectivity index (χ0) is 13.0. The molecule has 1 aliphatic rings. The van der Waals surface area contributed by atoms with Crippen LogP contribution in [-0.2, 0) is 0 Å². The summed E-state index contributed by atoms with van der Waals surface area (Å²) in [5.41, 5.74) is 0.134. The topological polar surface area (TPSA) is 32.3 Å². The lowest BCUT2D eigenvalue weighted by Gasteiger charge is -2.21. The summed E-state index contributed by atoms with van der Waals surface area (Å²) < 4.78 is 26.2. The van der Waals surface area contributed by atoms with Gasteiger partial charge in [0.1, 0.15) is 11.6 Å². The molecule has 4 heteroatoms. The first-order valence-corrected chi connectivity index (χ1v) is 6.18. The fourth-order valence-corrected chi connectivity index (χ4v) is 2.14. The normalized spacial score (nSPS) is 20.9. The zero-order valence-corrected chi connectivity index (χ0v) is 10.1. The minimum absolute atomic E-state index is 0.134. The Hall–Kier alpha value is -1.26. The van der Waals surface area contributed by atoms with Gasteiger partial charge >= 0.3 is 0 Å². The van der Waals surface area contributed by atoms with Crippen LogP contribution in [0, 0.1) is 11.6 Å². The molecule has 0 heterocycles. The lowest BCUT2D eigenvalue weighted by molar-refractivity contribution is 0.164. The van der Waals surface area contributed by atoms with Crippen LogP contribution < -0.4 is 5.32 Å². The summed E-state index contributed by atoms with van der Waals surface area (Å²) in [7, 11) is 0. The van der Waals surface area contributed by atoms with E-state index in [1.54, 1.807) is 0 Å². The first kappa shape index (κ1) is 13.2. The monoisotopic (exact) mass is 253 g/mol. The minimum Gasteiger partial charge on any atom is -0.387 e. The Morgan fingerprint density at radius 2 is 2.17 bits per heavy atom. The predicted octanol–water partition coefficient (Wildman–Crippen LogP) is 2.70. The van der Waals surface area contributed by atoms with Crippen LogP contribution in [0.5, 0.6) is 0 Å². The van der Waals surface area contributed by atoms with Crippen LogP contribution in [0.25, 0.3) is 0 Å². The third kappa shape index (κ3) is 3.37. The second-order valence-corrected chi connectivity index (χ2v) is 4.57. The quantitative estimate of drug-likeness (QED) is 0.809. The van der Waals surface area contributed by atoms with Crippen LogP contribution in [0.1, 0.15) is 30.9 Å². The number of aliphatic hydroxyl groups excluding tert-OH is 1. The third-order valence-corrected chi connectivity index (χ3v) is 3.19. The second kappa shape index (κ2) is 6.07. The third-order valence-electron chi connectivity index (χ3n) is 3.19. The molecule has 18 heavy (non-hydrogen) atoms. The molecule has 2 atom stereocenters. The molecule has 0 aliphatic heterocycles. The molecule has 0 bridgehead atoms. The molecule has 2 unspecified atom stereocenters. The van der Waals surface area contributed by atoms with E-state index in [4.69, 9.17) is 0 Å². The molecule has 1 aromatic rings. The van der Waals surface area contributed by atoms with Crippen LogP contribution in [0.2, 0.25) is 0 Å². The summed E-state index contributed by atoms with van der Waals surface area (Å²) in [6.45, 7) is 0.279. The Kier molecular flexibility index (Phi) is 4.44. The average Bonchev–Trinajstić information content (AvgIpc) is 2.37. The van der Waals surface area contributed by atoms with Crippen molar-refractivity contribution in [1.29, 1.82) is 0 Å². The highest BCUT2D eigenvalue weighted by molar-refractivity contribution is 5.21. The van der Waals surface area contributed by atoms with Crippen molar-refractivity contribution in [2.24, 2.45) is 0 Å². The summed E-state index contributed by atoms with van der Waals surface area (Å²) >= 11 is 0. The fourth-order valence-electron chi connectivity index (χ4n) is 2.14. The first-order valence-electron chi connectivity index (χ1n) is 6.18. The summed E-state index contributed by atoms with van der Waals surface area (Å²) in [5, 5.41) is 13.1. The molecule has 0 fully saturated rings. The molecule has 98 valence electrons. The van der Waals surface area contributed by atoms with Crippen molar-refractivity contribution < 1.29 is 13.9 Å². The van der Waals surface area contributed by atoms with E-state index < -0.39 is 17.7 Å². The van der Waals surface area contributed by atoms with Crippen molar-refractivity contribution in [3.63, 3.8) is 0 Å². The van der Waals surface area contributed by atoms with Gasteiger partial charge in [0.05, 0.1) is 6.10 Å². The van der Waals surface area contributed by atoms with E-state index in [0.29, 0.717) is 6.04 Å². The summed E-state index contributed by atoms with van der Waals surface area (Å²) in [6.07, 6.45) is 6.27. The fraction of sp³-hybridized carbons (Fsp3) is 0.429. The number of halogens is 2. The smallest absolute Gasteiger partial charge is 0.131 e. The Labute approximate surface area is 105 Å². The number of rotatable bonds is 4. The van der Waals surface area contributed by atoms with E-state index in [-0.39, 0.29) is 12.1 Å². The summed E-state index contributed by atoms with van der Waals surface area (Å²) in [5.74, 6) is -1.33. The Balaban J connectivity index is 1.90. The van der Waals surface area contributed by atoms with E-state index in [2.05, 4.69) is 17.5 Å². The minimum atomic E-state index is -0.948. The maximum atomic E-state index is 13.4. The Bertz CT molecular complexity index is 434. The highest BCUT2D eigenvalue weighted by Gasteiger charge is 2.16. The molecule has 0 amide bonds. The highest BCUT2D eigenvalue weighted by atomic mass is 19.1. The van der Waals surface area contributed by atoms with Crippen LogP contribution >= 0.6 is 0 Å². The second-order valence-electron chi connectivity index (χ2n) is 4.57. The maximum Gasteiger partial charge on any atom is 0.131 e. The molecular formula is C14H17F2NO. The molecule has 0 saturated heterocycles.